The number of nitrogens with zero attached hydrogens (tertiary/aromatic N) is 3. The molecule has 0 bridgehead atoms. The van der Waals surface area contributed by atoms with Gasteiger partial charge in [-0.3, -0.25) is 0 Å². The van der Waals surface area contributed by atoms with Crippen LogP contribution in [0.15, 0.2) is 22.3 Å². The maximum absolute atomic E-state index is 8.92. The van der Waals surface area contributed by atoms with Crippen LogP contribution in [0.1, 0.15) is 5.56 Å². The Kier molecular flexibility index (Phi) is 4.58. The third-order valence-electron chi connectivity index (χ3n) is 1.62. The van der Waals surface area contributed by atoms with E-state index < -0.39 is 0 Å². The number of rotatable bonds is 2. The van der Waals surface area contributed by atoms with Gasteiger partial charge in [0.15, 0.2) is 5.71 Å². The molecule has 0 aliphatic carbocycles. The van der Waals surface area contributed by atoms with Crippen LogP contribution in [-0.4, -0.2) is 11.7 Å². The molecule has 0 aliphatic rings. The third-order valence-corrected chi connectivity index (χ3v) is 2.64. The topological polar surface area (TPSA) is 101 Å². The zero-order chi connectivity index (χ0) is 13.0. The second kappa shape index (κ2) is 5.73. The molecule has 1 rings (SSSR count). The van der Waals surface area contributed by atoms with Gasteiger partial charge >= 0.3 is 0 Å². The number of halogens is 3. The van der Waals surface area contributed by atoms with Crippen LogP contribution in [0.4, 0.5) is 0 Å². The summed E-state index contributed by atoms with van der Waals surface area (Å²) in [6.07, 6.45) is 0. The first-order chi connectivity index (χ1) is 7.95. The van der Waals surface area contributed by atoms with E-state index in [1.165, 1.54) is 12.1 Å². The molecule has 1 aromatic rings. The van der Waals surface area contributed by atoms with E-state index in [2.05, 4.69) is 10.2 Å². The summed E-state index contributed by atoms with van der Waals surface area (Å²) in [6.45, 7) is 0. The monoisotopic (exact) mass is 289 g/mol. The number of hydrogen-bond acceptors (Lipinski definition) is 3. The van der Waals surface area contributed by atoms with Crippen molar-refractivity contribution in [2.75, 3.05) is 0 Å². The molecule has 0 radical (unpaired) electrons. The van der Waals surface area contributed by atoms with Gasteiger partial charge in [0.25, 0.3) is 0 Å². The Balaban J connectivity index is 3.37. The minimum Gasteiger partial charge on any atom is -0.369 e. The molecule has 0 amide bonds. The molecule has 0 saturated heterocycles. The fraction of sp³-hybridized carbons (Fsp3) is 0. The quantitative estimate of drug-likeness (QED) is 0.377. The minimum absolute atomic E-state index is 0.0900. The molecular weight excluding hydrogens is 284 g/mol. The van der Waals surface area contributed by atoms with Crippen molar-refractivity contribution in [3.63, 3.8) is 0 Å². The van der Waals surface area contributed by atoms with Crippen LogP contribution in [-0.2, 0) is 0 Å². The van der Waals surface area contributed by atoms with Crippen molar-refractivity contribution in [2.24, 2.45) is 21.7 Å². The van der Waals surface area contributed by atoms with Crippen molar-refractivity contribution in [1.29, 1.82) is 5.26 Å². The molecule has 0 aliphatic heterocycles. The highest BCUT2D eigenvalue weighted by molar-refractivity contribution is 6.45. The van der Waals surface area contributed by atoms with Crippen LogP contribution in [0.3, 0.4) is 0 Å². The average molecular weight is 291 g/mol. The van der Waals surface area contributed by atoms with Crippen LogP contribution >= 0.6 is 34.8 Å². The normalized spacial score (nSPS) is 10.8. The van der Waals surface area contributed by atoms with E-state index >= 15 is 0 Å². The van der Waals surface area contributed by atoms with E-state index in [4.69, 9.17) is 51.5 Å². The predicted octanol–water partition coefficient (Wildman–Crippen LogP) is 2.15. The maximum atomic E-state index is 8.92. The van der Waals surface area contributed by atoms with Gasteiger partial charge in [-0.2, -0.15) is 5.26 Å². The Bertz CT molecular complexity index is 540. The Morgan fingerprint density at radius 2 is 1.82 bits per heavy atom. The molecule has 0 fully saturated rings. The Morgan fingerprint density at radius 1 is 1.18 bits per heavy atom. The number of nitrogens with two attached hydrogens (primary N) is 2. The average Bonchev–Trinajstić information content (AvgIpc) is 2.25. The first-order valence-corrected chi connectivity index (χ1v) is 5.30. The van der Waals surface area contributed by atoms with E-state index in [0.717, 1.165) is 0 Å². The molecule has 4 N–H and O–H groups in total. The predicted molar refractivity (Wildman–Crippen MR) is 69.4 cm³/mol. The van der Waals surface area contributed by atoms with Gasteiger partial charge in [-0.1, -0.05) is 34.8 Å². The first-order valence-electron chi connectivity index (χ1n) is 4.17. The van der Waals surface area contributed by atoms with Gasteiger partial charge in [0, 0.05) is 10.6 Å². The molecule has 1 aromatic carbocycles. The van der Waals surface area contributed by atoms with Gasteiger partial charge in [-0.25, -0.2) is 0 Å². The molecule has 0 unspecified atom stereocenters. The van der Waals surface area contributed by atoms with Crippen molar-refractivity contribution in [1.82, 2.24) is 0 Å². The second-order valence-corrected chi connectivity index (χ2v) is 4.06. The van der Waals surface area contributed by atoms with Gasteiger partial charge in [-0.15, -0.1) is 10.2 Å². The molecule has 5 nitrogen and oxygen atoms in total. The highest BCUT2D eigenvalue weighted by Crippen LogP contribution is 2.30. The van der Waals surface area contributed by atoms with Gasteiger partial charge in [0.1, 0.15) is 6.07 Å². The summed E-state index contributed by atoms with van der Waals surface area (Å²) in [4.78, 5) is 0. The van der Waals surface area contributed by atoms with Crippen molar-refractivity contribution in [3.05, 3.63) is 32.8 Å². The number of benzene rings is 1. The Hall–Kier alpha value is -1.48. The van der Waals surface area contributed by atoms with E-state index in [1.807, 2.05) is 0 Å². The Morgan fingerprint density at radius 3 is 2.35 bits per heavy atom. The molecule has 0 heterocycles. The third kappa shape index (κ3) is 3.49. The van der Waals surface area contributed by atoms with Gasteiger partial charge in [0.05, 0.1) is 10.0 Å². The molecule has 0 atom stereocenters. The van der Waals surface area contributed by atoms with Crippen LogP contribution in [0.5, 0.6) is 0 Å². The molecule has 0 aromatic heterocycles. The van der Waals surface area contributed by atoms with Gasteiger partial charge in [0.2, 0.25) is 5.96 Å². The van der Waals surface area contributed by atoms with Crippen LogP contribution in [0.2, 0.25) is 15.1 Å². The van der Waals surface area contributed by atoms with E-state index in [0.29, 0.717) is 5.02 Å². The summed E-state index contributed by atoms with van der Waals surface area (Å²) >= 11 is 17.5. The SMILES string of the molecule is N#C/C(=N\N=C(N)N)c1cc(Cl)cc(Cl)c1Cl. The lowest BCUT2D eigenvalue weighted by Crippen LogP contribution is -2.22. The molecule has 0 saturated carbocycles. The Labute approximate surface area is 112 Å². The number of hydrogen-bond donors (Lipinski definition) is 2. The molecule has 17 heavy (non-hydrogen) atoms. The smallest absolute Gasteiger partial charge is 0.211 e. The van der Waals surface area contributed by atoms with Crippen molar-refractivity contribution >= 4 is 46.5 Å². The van der Waals surface area contributed by atoms with Crippen molar-refractivity contribution < 1.29 is 0 Å². The summed E-state index contributed by atoms with van der Waals surface area (Å²) in [6, 6.07) is 4.69. The highest BCUT2D eigenvalue weighted by Gasteiger charge is 2.12. The lowest BCUT2D eigenvalue weighted by atomic mass is 10.1. The summed E-state index contributed by atoms with van der Waals surface area (Å²) in [5.74, 6) is -0.276. The molecular formula is C9H6Cl3N5. The maximum Gasteiger partial charge on any atom is 0.211 e. The summed E-state index contributed by atoms with van der Waals surface area (Å²) in [5, 5.41) is 16.5. The zero-order valence-corrected chi connectivity index (χ0v) is 10.6. The number of guanidine groups is 1. The lowest BCUT2D eigenvalue weighted by Gasteiger charge is -2.03. The molecule has 88 valence electrons. The van der Waals surface area contributed by atoms with E-state index in [9.17, 15) is 0 Å². The fourth-order valence-electron chi connectivity index (χ4n) is 0.972. The van der Waals surface area contributed by atoms with E-state index in [1.54, 1.807) is 6.07 Å². The highest BCUT2D eigenvalue weighted by atomic mass is 35.5. The van der Waals surface area contributed by atoms with Crippen LogP contribution < -0.4 is 11.5 Å². The zero-order valence-electron chi connectivity index (χ0n) is 8.28. The van der Waals surface area contributed by atoms with Gasteiger partial charge in [-0.05, 0) is 12.1 Å². The fourth-order valence-corrected chi connectivity index (χ4v) is 1.66. The first kappa shape index (κ1) is 13.6. The summed E-state index contributed by atoms with van der Waals surface area (Å²) < 4.78 is 0. The lowest BCUT2D eigenvalue weighted by molar-refractivity contribution is 1.20. The summed E-state index contributed by atoms with van der Waals surface area (Å²) in [7, 11) is 0. The van der Waals surface area contributed by atoms with E-state index in [-0.39, 0.29) is 27.3 Å². The molecule has 8 heteroatoms. The largest absolute Gasteiger partial charge is 0.369 e. The molecule has 0 spiro atoms. The standard InChI is InChI=1S/C9H6Cl3N5/c10-4-1-5(8(12)6(11)2-4)7(3-13)16-17-9(14)15/h1-2H,(H4,14,15,17)/b16-7+. The van der Waals surface area contributed by atoms with Crippen molar-refractivity contribution in [3.8, 4) is 6.07 Å². The second-order valence-electron chi connectivity index (χ2n) is 2.83. The minimum atomic E-state index is -0.276. The van der Waals surface area contributed by atoms with Crippen LogP contribution in [0.25, 0.3) is 0 Å². The number of nitriles is 1. The van der Waals surface area contributed by atoms with Crippen molar-refractivity contribution in [2.45, 2.75) is 0 Å². The summed E-state index contributed by atoms with van der Waals surface area (Å²) in [5.41, 5.74) is 10.4. The van der Waals surface area contributed by atoms with Crippen LogP contribution in [0, 0.1) is 11.3 Å². The van der Waals surface area contributed by atoms with Gasteiger partial charge < -0.3 is 11.5 Å².